The summed E-state index contributed by atoms with van der Waals surface area (Å²) in [5, 5.41) is 10.4. The zero-order chi connectivity index (χ0) is 13.8. The van der Waals surface area contributed by atoms with Gasteiger partial charge >= 0.3 is 5.97 Å². The minimum atomic E-state index is -0.597. The summed E-state index contributed by atoms with van der Waals surface area (Å²) in [5.41, 5.74) is 6.42. The molecule has 0 fully saturated rings. The minimum Gasteiger partial charge on any atom is -0.457 e. The molecule has 1 aromatic heterocycles. The fourth-order valence-corrected chi connectivity index (χ4v) is 2.16. The van der Waals surface area contributed by atoms with Crippen molar-refractivity contribution >= 4 is 23.0 Å². The van der Waals surface area contributed by atoms with E-state index in [0.29, 0.717) is 16.1 Å². The molecular weight excluding hydrogens is 267 g/mol. The average molecular weight is 276 g/mol. The maximum Gasteiger partial charge on any atom is 0.350 e. The molecule has 19 heavy (non-hydrogen) atoms. The number of thiophene rings is 1. The zero-order valence-electron chi connectivity index (χ0n) is 9.72. The number of esters is 1. The molecule has 0 aliphatic rings. The predicted molar refractivity (Wildman–Crippen MR) is 69.0 cm³/mol. The second kappa shape index (κ2) is 5.50. The van der Waals surface area contributed by atoms with E-state index < -0.39 is 11.8 Å². The topological polar surface area (TPSA) is 76.1 Å². The summed E-state index contributed by atoms with van der Waals surface area (Å²) in [5.74, 6) is -1.13. The number of nitrogen functional groups attached to an aromatic ring is 1. The summed E-state index contributed by atoms with van der Waals surface area (Å²) in [6.07, 6.45) is 0. The Morgan fingerprint density at radius 3 is 2.89 bits per heavy atom. The van der Waals surface area contributed by atoms with E-state index in [0.717, 1.165) is 0 Å². The van der Waals surface area contributed by atoms with Crippen LogP contribution in [0.25, 0.3) is 0 Å². The average Bonchev–Trinajstić information content (AvgIpc) is 2.83. The summed E-state index contributed by atoms with van der Waals surface area (Å²) < 4.78 is 18.2. The van der Waals surface area contributed by atoms with Crippen LogP contribution in [-0.4, -0.2) is 5.97 Å². The monoisotopic (exact) mass is 276 g/mol. The van der Waals surface area contributed by atoms with Crippen molar-refractivity contribution in [2.24, 2.45) is 0 Å². The maximum absolute atomic E-state index is 13.1. The van der Waals surface area contributed by atoms with Crippen LogP contribution >= 0.6 is 11.3 Å². The van der Waals surface area contributed by atoms with Gasteiger partial charge in [0.1, 0.15) is 23.4 Å². The summed E-state index contributed by atoms with van der Waals surface area (Å²) in [4.78, 5) is 12.0. The normalized spacial score (nSPS) is 9.89. The van der Waals surface area contributed by atoms with Crippen LogP contribution in [0.5, 0.6) is 0 Å². The first kappa shape index (κ1) is 13.1. The molecule has 0 radical (unpaired) electrons. The summed E-state index contributed by atoms with van der Waals surface area (Å²) in [6, 6.07) is 7.32. The van der Waals surface area contributed by atoms with Crippen molar-refractivity contribution in [2.45, 2.75) is 6.61 Å². The van der Waals surface area contributed by atoms with Crippen LogP contribution in [0.3, 0.4) is 0 Å². The van der Waals surface area contributed by atoms with Gasteiger partial charge in [0.2, 0.25) is 0 Å². The molecular formula is C13H9FN2O2S. The van der Waals surface area contributed by atoms with Crippen molar-refractivity contribution in [2.75, 3.05) is 5.73 Å². The lowest BCUT2D eigenvalue weighted by molar-refractivity contribution is 0.0479. The highest BCUT2D eigenvalue weighted by Gasteiger charge is 2.13. The number of carbonyl (C=O) groups excluding carboxylic acids is 1. The molecule has 0 atom stereocenters. The Morgan fingerprint density at radius 2 is 2.26 bits per heavy atom. The van der Waals surface area contributed by atoms with E-state index >= 15 is 0 Å². The molecule has 1 aromatic carbocycles. The van der Waals surface area contributed by atoms with E-state index in [4.69, 9.17) is 15.7 Å². The molecule has 0 unspecified atom stereocenters. The van der Waals surface area contributed by atoms with Gasteiger partial charge in [-0.3, -0.25) is 0 Å². The molecule has 4 nitrogen and oxygen atoms in total. The van der Waals surface area contributed by atoms with E-state index in [9.17, 15) is 9.18 Å². The second-order valence-corrected chi connectivity index (χ2v) is 4.62. The van der Waals surface area contributed by atoms with E-state index in [1.807, 2.05) is 0 Å². The highest BCUT2D eigenvalue weighted by molar-refractivity contribution is 7.12. The molecule has 96 valence electrons. The summed E-state index contributed by atoms with van der Waals surface area (Å²) in [6.45, 7) is -0.0366. The Balaban J connectivity index is 2.06. The van der Waals surface area contributed by atoms with Gasteiger partial charge in [0.25, 0.3) is 0 Å². The lowest BCUT2D eigenvalue weighted by Gasteiger charge is -2.05. The fourth-order valence-electron chi connectivity index (χ4n) is 1.45. The second-order valence-electron chi connectivity index (χ2n) is 3.71. The molecule has 0 aliphatic carbocycles. The quantitative estimate of drug-likeness (QED) is 0.874. The molecule has 2 N–H and O–H groups in total. The van der Waals surface area contributed by atoms with Crippen LogP contribution < -0.4 is 5.73 Å². The first-order valence-electron chi connectivity index (χ1n) is 5.30. The van der Waals surface area contributed by atoms with Gasteiger partial charge in [-0.05, 0) is 29.1 Å². The van der Waals surface area contributed by atoms with Crippen molar-refractivity contribution in [3.8, 4) is 6.07 Å². The Morgan fingerprint density at radius 1 is 1.47 bits per heavy atom. The number of rotatable bonds is 3. The molecule has 0 aliphatic heterocycles. The van der Waals surface area contributed by atoms with Crippen molar-refractivity contribution in [3.05, 3.63) is 51.5 Å². The lowest BCUT2D eigenvalue weighted by atomic mass is 10.1. The smallest absolute Gasteiger partial charge is 0.350 e. The number of benzene rings is 1. The van der Waals surface area contributed by atoms with Gasteiger partial charge in [-0.15, -0.1) is 11.3 Å². The first-order chi connectivity index (χ1) is 9.11. The Labute approximate surface area is 112 Å². The number of ether oxygens (including phenoxy) is 1. The third kappa shape index (κ3) is 2.89. The number of hydrogen-bond acceptors (Lipinski definition) is 5. The minimum absolute atomic E-state index is 0.0366. The highest BCUT2D eigenvalue weighted by atomic mass is 32.1. The van der Waals surface area contributed by atoms with E-state index in [1.165, 1.54) is 29.5 Å². The van der Waals surface area contributed by atoms with Gasteiger partial charge in [-0.2, -0.15) is 5.26 Å². The third-order valence-electron chi connectivity index (χ3n) is 2.40. The van der Waals surface area contributed by atoms with Gasteiger partial charge in [0.15, 0.2) is 0 Å². The SMILES string of the molecule is N#Cc1cc(COC(=O)c2sccc2N)ccc1F. The Kier molecular flexibility index (Phi) is 3.78. The molecule has 0 saturated carbocycles. The van der Waals surface area contributed by atoms with E-state index in [2.05, 4.69) is 0 Å². The van der Waals surface area contributed by atoms with Crippen molar-refractivity contribution in [3.63, 3.8) is 0 Å². The van der Waals surface area contributed by atoms with Gasteiger partial charge in [0.05, 0.1) is 11.3 Å². The third-order valence-corrected chi connectivity index (χ3v) is 3.31. The van der Waals surface area contributed by atoms with Gasteiger partial charge in [0, 0.05) is 0 Å². The largest absolute Gasteiger partial charge is 0.457 e. The molecule has 2 aromatic rings. The highest BCUT2D eigenvalue weighted by Crippen LogP contribution is 2.20. The number of anilines is 1. The van der Waals surface area contributed by atoms with Crippen molar-refractivity contribution in [1.82, 2.24) is 0 Å². The van der Waals surface area contributed by atoms with Crippen LogP contribution in [0.4, 0.5) is 10.1 Å². The number of hydrogen-bond donors (Lipinski definition) is 1. The predicted octanol–water partition coefficient (Wildman–Crippen LogP) is 2.70. The van der Waals surface area contributed by atoms with Gasteiger partial charge in [-0.1, -0.05) is 6.07 Å². The van der Waals surface area contributed by atoms with Crippen LogP contribution in [0.2, 0.25) is 0 Å². The van der Waals surface area contributed by atoms with Crippen LogP contribution in [-0.2, 0) is 11.3 Å². The van der Waals surface area contributed by atoms with Crippen molar-refractivity contribution in [1.29, 1.82) is 5.26 Å². The van der Waals surface area contributed by atoms with Crippen LogP contribution in [0.1, 0.15) is 20.8 Å². The number of carbonyl (C=O) groups is 1. The number of nitriles is 1. The Bertz CT molecular complexity index is 661. The fraction of sp³-hybridized carbons (Fsp3) is 0.0769. The molecule has 1 heterocycles. The number of nitrogens with two attached hydrogens (primary N) is 1. The molecule has 0 spiro atoms. The van der Waals surface area contributed by atoms with E-state index in [1.54, 1.807) is 17.5 Å². The first-order valence-corrected chi connectivity index (χ1v) is 6.18. The number of halogens is 1. The molecule has 0 amide bonds. The molecule has 2 rings (SSSR count). The van der Waals surface area contributed by atoms with Crippen LogP contribution in [0.15, 0.2) is 29.6 Å². The van der Waals surface area contributed by atoms with Crippen molar-refractivity contribution < 1.29 is 13.9 Å². The van der Waals surface area contributed by atoms with Crippen LogP contribution in [0, 0.1) is 17.1 Å². The summed E-state index contributed by atoms with van der Waals surface area (Å²) in [7, 11) is 0. The standard InChI is InChI=1S/C13H9FN2O2S/c14-10-2-1-8(5-9(10)6-15)7-18-13(17)12-11(16)3-4-19-12/h1-5H,7,16H2. The molecule has 0 bridgehead atoms. The van der Waals surface area contributed by atoms with E-state index in [-0.39, 0.29) is 12.2 Å². The maximum atomic E-state index is 13.1. The summed E-state index contributed by atoms with van der Waals surface area (Å²) >= 11 is 1.19. The lowest BCUT2D eigenvalue weighted by Crippen LogP contribution is -2.05. The zero-order valence-corrected chi connectivity index (χ0v) is 10.5. The molecule has 0 saturated heterocycles. The van der Waals surface area contributed by atoms with Gasteiger partial charge < -0.3 is 10.5 Å². The number of nitrogens with zero attached hydrogens (tertiary/aromatic N) is 1. The Hall–Kier alpha value is -2.39. The van der Waals surface area contributed by atoms with Gasteiger partial charge in [-0.25, -0.2) is 9.18 Å². The molecule has 6 heteroatoms.